The second kappa shape index (κ2) is 12.7. The summed E-state index contributed by atoms with van der Waals surface area (Å²) in [5.41, 5.74) is 14.4. The van der Waals surface area contributed by atoms with Crippen LogP contribution in [0.25, 0.3) is 23.4 Å². The lowest BCUT2D eigenvalue weighted by Crippen LogP contribution is -2.42. The molecule has 1 aromatic heterocycles. The van der Waals surface area contributed by atoms with E-state index in [1.807, 2.05) is 12.3 Å². The number of rotatable bonds is 11. The lowest BCUT2D eigenvalue weighted by molar-refractivity contribution is 0.834. The number of pyridine rings is 1. The van der Waals surface area contributed by atoms with Gasteiger partial charge in [-0.25, -0.2) is 0 Å². The number of hydrogen-bond acceptors (Lipinski definition) is 1. The molecule has 0 fully saturated rings. The van der Waals surface area contributed by atoms with Crippen molar-refractivity contribution in [3.05, 3.63) is 65.1 Å². The summed E-state index contributed by atoms with van der Waals surface area (Å²) in [7, 11) is -3.31. The van der Waals surface area contributed by atoms with Crippen LogP contribution in [0.1, 0.15) is 94.2 Å². The molecular weight excluding hydrogens is 467 g/mol. The molecule has 0 spiro atoms. The SMILES string of the molecule is CC(C)[Si](/C=C/c1cccc(/C=C/[Si](C(C)C)(C(C)C)C(C)C)c1-c1ccccn1)(C(C)C)C(C)C. The summed E-state index contributed by atoms with van der Waals surface area (Å²) in [5.74, 6) is 0. The van der Waals surface area contributed by atoms with Crippen molar-refractivity contribution < 1.29 is 0 Å². The Labute approximate surface area is 225 Å². The first-order chi connectivity index (χ1) is 16.8. The molecule has 198 valence electrons. The highest BCUT2D eigenvalue weighted by atomic mass is 28.3. The van der Waals surface area contributed by atoms with E-state index >= 15 is 0 Å². The van der Waals surface area contributed by atoms with E-state index in [2.05, 4.69) is 137 Å². The molecule has 0 aliphatic carbocycles. The molecule has 1 nitrogen and oxygen atoms in total. The lowest BCUT2D eigenvalue weighted by atomic mass is 9.97. The van der Waals surface area contributed by atoms with Gasteiger partial charge in [0.05, 0.1) is 21.8 Å². The molecule has 0 aliphatic heterocycles. The second-order valence-corrected chi connectivity index (χ2v) is 24.2. The smallest absolute Gasteiger partial charge is 0.0853 e. The van der Waals surface area contributed by atoms with Crippen LogP contribution in [-0.2, 0) is 0 Å². The van der Waals surface area contributed by atoms with Crippen molar-refractivity contribution in [3.8, 4) is 11.3 Å². The van der Waals surface area contributed by atoms with Crippen LogP contribution in [-0.4, -0.2) is 21.1 Å². The van der Waals surface area contributed by atoms with Gasteiger partial charge in [-0.05, 0) is 56.5 Å². The third kappa shape index (κ3) is 6.05. The topological polar surface area (TPSA) is 12.9 Å². The Kier molecular flexibility index (Phi) is 10.8. The minimum atomic E-state index is -1.66. The standard InChI is InChI=1S/C33H53NSi2/c1-24(2)35(25(3)4,26(5)6)22-19-30-16-15-17-31(33(30)32-18-13-14-21-34-32)20-23-36(27(7)8,28(9)10)29(11)12/h13-29H,1-12H3/b22-19+,23-20+. The zero-order chi connectivity index (χ0) is 27.3. The Morgan fingerprint density at radius 2 is 0.917 bits per heavy atom. The number of nitrogens with zero attached hydrogens (tertiary/aromatic N) is 1. The van der Waals surface area contributed by atoms with E-state index < -0.39 is 16.1 Å². The van der Waals surface area contributed by atoms with Crippen molar-refractivity contribution >= 4 is 28.3 Å². The molecule has 0 aliphatic rings. The summed E-state index contributed by atoms with van der Waals surface area (Å²) < 4.78 is 0. The predicted molar refractivity (Wildman–Crippen MR) is 170 cm³/mol. The molecule has 1 aromatic carbocycles. The zero-order valence-corrected chi connectivity index (χ0v) is 27.3. The fraction of sp³-hybridized carbons (Fsp3) is 0.545. The van der Waals surface area contributed by atoms with Gasteiger partial charge >= 0.3 is 0 Å². The molecule has 0 unspecified atom stereocenters. The average Bonchev–Trinajstić information content (AvgIpc) is 2.79. The van der Waals surface area contributed by atoms with Crippen LogP contribution in [0, 0.1) is 0 Å². The Hall–Kier alpha value is -1.72. The molecule has 0 saturated carbocycles. The Bertz CT molecular complexity index is 909. The van der Waals surface area contributed by atoms with Crippen LogP contribution in [0.4, 0.5) is 0 Å². The highest BCUT2D eigenvalue weighted by Gasteiger charge is 2.41. The maximum Gasteiger partial charge on any atom is 0.0853 e. The summed E-state index contributed by atoms with van der Waals surface area (Å²) in [4.78, 5) is 4.82. The Balaban J connectivity index is 2.77. The van der Waals surface area contributed by atoms with Crippen LogP contribution < -0.4 is 0 Å². The van der Waals surface area contributed by atoms with Crippen LogP contribution >= 0.6 is 0 Å². The van der Waals surface area contributed by atoms with Crippen molar-refractivity contribution in [3.63, 3.8) is 0 Å². The highest BCUT2D eigenvalue weighted by molar-refractivity contribution is 6.89. The van der Waals surface area contributed by atoms with E-state index in [0.29, 0.717) is 33.2 Å². The first-order valence-electron chi connectivity index (χ1n) is 14.2. The van der Waals surface area contributed by atoms with Crippen molar-refractivity contribution in [1.82, 2.24) is 4.98 Å². The van der Waals surface area contributed by atoms with Gasteiger partial charge in [0, 0.05) is 11.8 Å². The Morgan fingerprint density at radius 3 is 1.22 bits per heavy atom. The van der Waals surface area contributed by atoms with Crippen molar-refractivity contribution in [2.45, 2.75) is 116 Å². The van der Waals surface area contributed by atoms with Crippen LogP contribution in [0.2, 0.25) is 33.2 Å². The second-order valence-electron chi connectivity index (χ2n) is 12.6. The maximum atomic E-state index is 4.82. The summed E-state index contributed by atoms with van der Waals surface area (Å²) in [5, 5.41) is 0. The molecule has 3 heteroatoms. The summed E-state index contributed by atoms with van der Waals surface area (Å²) in [6.07, 6.45) is 6.82. The summed E-state index contributed by atoms with van der Waals surface area (Å²) in [6.45, 7) is 29.2. The maximum absolute atomic E-state index is 4.82. The number of hydrogen-bond donors (Lipinski definition) is 0. The molecule has 36 heavy (non-hydrogen) atoms. The van der Waals surface area contributed by atoms with Gasteiger partial charge in [0.15, 0.2) is 0 Å². The largest absolute Gasteiger partial charge is 0.256 e. The molecule has 2 rings (SSSR count). The van der Waals surface area contributed by atoms with Gasteiger partial charge in [-0.15, -0.1) is 0 Å². The molecule has 0 radical (unpaired) electrons. The third-order valence-corrected chi connectivity index (χ3v) is 22.6. The van der Waals surface area contributed by atoms with E-state index in [4.69, 9.17) is 4.98 Å². The normalized spacial score (nSPS) is 13.7. The minimum Gasteiger partial charge on any atom is -0.256 e. The first-order valence-corrected chi connectivity index (χ1v) is 18.9. The number of benzene rings is 1. The molecule has 0 atom stereocenters. The lowest BCUT2D eigenvalue weighted by Gasteiger charge is -2.41. The molecule has 0 amide bonds. The first kappa shape index (κ1) is 30.5. The highest BCUT2D eigenvalue weighted by Crippen LogP contribution is 2.44. The van der Waals surface area contributed by atoms with Gasteiger partial charge in [-0.3, -0.25) is 4.98 Å². The van der Waals surface area contributed by atoms with E-state index in [1.54, 1.807) is 0 Å². The van der Waals surface area contributed by atoms with E-state index in [1.165, 1.54) is 16.7 Å². The predicted octanol–water partition coefficient (Wildman–Crippen LogP) is 11.2. The number of aromatic nitrogens is 1. The van der Waals surface area contributed by atoms with Gasteiger partial charge in [0.25, 0.3) is 0 Å². The Morgan fingerprint density at radius 1 is 0.528 bits per heavy atom. The minimum absolute atomic E-state index is 0.699. The monoisotopic (exact) mass is 519 g/mol. The zero-order valence-electron chi connectivity index (χ0n) is 25.3. The molecule has 1 heterocycles. The van der Waals surface area contributed by atoms with Gasteiger partial charge in [-0.2, -0.15) is 0 Å². The quantitative estimate of drug-likeness (QED) is 0.269. The molecule has 0 saturated heterocycles. The molecule has 0 bridgehead atoms. The van der Waals surface area contributed by atoms with E-state index in [0.717, 1.165) is 5.69 Å². The molecular formula is C33H53NSi2. The van der Waals surface area contributed by atoms with Gasteiger partial charge in [0.2, 0.25) is 0 Å². The molecule has 0 N–H and O–H groups in total. The summed E-state index contributed by atoms with van der Waals surface area (Å²) in [6, 6.07) is 13.1. The van der Waals surface area contributed by atoms with Gasteiger partial charge in [0.1, 0.15) is 0 Å². The van der Waals surface area contributed by atoms with Crippen molar-refractivity contribution in [1.29, 1.82) is 0 Å². The molecule has 2 aromatic rings. The van der Waals surface area contributed by atoms with Gasteiger partial charge in [-0.1, -0.05) is 131 Å². The van der Waals surface area contributed by atoms with Gasteiger partial charge < -0.3 is 0 Å². The van der Waals surface area contributed by atoms with Crippen LogP contribution in [0.3, 0.4) is 0 Å². The fourth-order valence-electron chi connectivity index (χ4n) is 7.30. The van der Waals surface area contributed by atoms with Crippen LogP contribution in [0.5, 0.6) is 0 Å². The third-order valence-electron chi connectivity index (χ3n) is 9.15. The average molecular weight is 520 g/mol. The van der Waals surface area contributed by atoms with Crippen molar-refractivity contribution in [2.75, 3.05) is 0 Å². The van der Waals surface area contributed by atoms with E-state index in [-0.39, 0.29) is 0 Å². The summed E-state index contributed by atoms with van der Waals surface area (Å²) >= 11 is 0. The van der Waals surface area contributed by atoms with Crippen molar-refractivity contribution in [2.24, 2.45) is 0 Å². The fourth-order valence-corrected chi connectivity index (χ4v) is 18.5. The van der Waals surface area contributed by atoms with E-state index in [9.17, 15) is 0 Å². The van der Waals surface area contributed by atoms with Crippen LogP contribution in [0.15, 0.2) is 54.0 Å².